The highest BCUT2D eigenvalue weighted by molar-refractivity contribution is 5.90. The zero-order valence-electron chi connectivity index (χ0n) is 12.1. The maximum atomic E-state index is 11.7. The predicted molar refractivity (Wildman–Crippen MR) is 74.6 cm³/mol. The molecule has 0 saturated heterocycles. The fourth-order valence-corrected chi connectivity index (χ4v) is 1.73. The molecule has 0 bridgehead atoms. The lowest BCUT2D eigenvalue weighted by molar-refractivity contribution is -0.122. The van der Waals surface area contributed by atoms with Crippen LogP contribution in [0.5, 0.6) is 0 Å². The van der Waals surface area contributed by atoms with Crippen LogP contribution in [0, 0.1) is 0 Å². The van der Waals surface area contributed by atoms with Crippen LogP contribution in [0.1, 0.15) is 37.1 Å². The number of carbonyl (C=O) groups excluding carboxylic acids is 2. The lowest BCUT2D eigenvalue weighted by Crippen LogP contribution is -2.39. The van der Waals surface area contributed by atoms with Crippen LogP contribution in [-0.4, -0.2) is 35.8 Å². The van der Waals surface area contributed by atoms with Crippen LogP contribution in [0.4, 0.5) is 0 Å². The highest BCUT2D eigenvalue weighted by Crippen LogP contribution is 2.10. The molecule has 0 unspecified atom stereocenters. The highest BCUT2D eigenvalue weighted by Gasteiger charge is 2.14. The number of carbonyl (C=O) groups is 2. The molecule has 7 heteroatoms. The quantitative estimate of drug-likeness (QED) is 0.377. The van der Waals surface area contributed by atoms with Crippen LogP contribution in [-0.2, 0) is 11.3 Å². The molecule has 0 aromatic carbocycles. The van der Waals surface area contributed by atoms with E-state index in [9.17, 15) is 9.59 Å². The molecule has 0 radical (unpaired) electrons. The Balaban J connectivity index is 2.57. The second-order valence-electron chi connectivity index (χ2n) is 4.76. The Labute approximate surface area is 118 Å². The fourth-order valence-electron chi connectivity index (χ4n) is 1.73. The number of nitrogens with two attached hydrogens (primary N) is 1. The van der Waals surface area contributed by atoms with E-state index in [0.29, 0.717) is 18.8 Å². The van der Waals surface area contributed by atoms with E-state index in [1.54, 1.807) is 12.1 Å². The molecule has 1 aromatic rings. The van der Waals surface area contributed by atoms with Crippen LogP contribution in [0.2, 0.25) is 0 Å². The molecule has 1 rings (SSSR count). The smallest absolute Gasteiger partial charge is 0.300 e. The van der Waals surface area contributed by atoms with E-state index in [1.807, 2.05) is 31.1 Å². The lowest BCUT2D eigenvalue weighted by Gasteiger charge is -2.19. The number of hydrogen-bond acceptors (Lipinski definition) is 5. The first-order valence-electron chi connectivity index (χ1n) is 6.57. The van der Waals surface area contributed by atoms with Crippen LogP contribution in [0.15, 0.2) is 16.5 Å². The van der Waals surface area contributed by atoms with Gasteiger partial charge in [-0.2, -0.15) is 0 Å². The molecule has 0 fully saturated rings. The third-order valence-electron chi connectivity index (χ3n) is 2.66. The molecule has 0 spiro atoms. The van der Waals surface area contributed by atoms with Crippen molar-refractivity contribution < 1.29 is 14.0 Å². The minimum atomic E-state index is -0.475. The van der Waals surface area contributed by atoms with Gasteiger partial charge in [0, 0.05) is 6.04 Å². The zero-order chi connectivity index (χ0) is 15.1. The Morgan fingerprint density at radius 1 is 1.40 bits per heavy atom. The minimum Gasteiger partial charge on any atom is -0.455 e. The number of furan rings is 1. The van der Waals surface area contributed by atoms with Crippen molar-refractivity contribution in [1.82, 2.24) is 15.6 Å². The molecular formula is C13H22N4O3. The summed E-state index contributed by atoms with van der Waals surface area (Å²) in [7, 11) is 0. The van der Waals surface area contributed by atoms with E-state index in [4.69, 9.17) is 10.3 Å². The van der Waals surface area contributed by atoms with Gasteiger partial charge in [-0.05, 0) is 32.5 Å². The van der Waals surface area contributed by atoms with E-state index in [1.165, 1.54) is 0 Å². The zero-order valence-corrected chi connectivity index (χ0v) is 12.1. The second-order valence-corrected chi connectivity index (χ2v) is 4.76. The lowest BCUT2D eigenvalue weighted by atomic mass is 10.3. The number of amides is 2. The molecule has 0 saturated carbocycles. The van der Waals surface area contributed by atoms with Crippen molar-refractivity contribution in [2.75, 3.05) is 13.1 Å². The number of nitrogen functional groups attached to an aromatic ring is 1. The Hall–Kier alpha value is -1.86. The molecule has 20 heavy (non-hydrogen) atoms. The second kappa shape index (κ2) is 7.66. The summed E-state index contributed by atoms with van der Waals surface area (Å²) in [4.78, 5) is 24.9. The summed E-state index contributed by atoms with van der Waals surface area (Å²) in [6.07, 6.45) is 0. The van der Waals surface area contributed by atoms with Crippen LogP contribution >= 0.6 is 0 Å². The molecule has 0 aliphatic carbocycles. The van der Waals surface area contributed by atoms with Gasteiger partial charge in [-0.1, -0.05) is 6.92 Å². The predicted octanol–water partition coefficient (Wildman–Crippen LogP) is 0.230. The summed E-state index contributed by atoms with van der Waals surface area (Å²) in [5, 5.41) is 2.83. The Bertz CT molecular complexity index is 456. The van der Waals surface area contributed by atoms with Crippen molar-refractivity contribution >= 4 is 11.8 Å². The molecule has 112 valence electrons. The third-order valence-corrected chi connectivity index (χ3v) is 2.66. The standard InChI is InChI=1S/C13H22N4O3/c1-4-17(8-12(18)15-9(2)3)7-10-5-6-11(20-10)13(19)16-14/h5-6,9H,4,7-8,14H2,1-3H3,(H,15,18)(H,16,19). The van der Waals surface area contributed by atoms with Crippen molar-refractivity contribution in [2.24, 2.45) is 5.84 Å². The van der Waals surface area contributed by atoms with Gasteiger partial charge in [0.05, 0.1) is 13.1 Å². The van der Waals surface area contributed by atoms with Gasteiger partial charge in [-0.25, -0.2) is 5.84 Å². The normalized spacial score (nSPS) is 10.9. The van der Waals surface area contributed by atoms with E-state index < -0.39 is 5.91 Å². The van der Waals surface area contributed by atoms with Gasteiger partial charge in [-0.3, -0.25) is 19.9 Å². The van der Waals surface area contributed by atoms with Gasteiger partial charge < -0.3 is 9.73 Å². The molecule has 1 heterocycles. The van der Waals surface area contributed by atoms with Crippen molar-refractivity contribution in [1.29, 1.82) is 0 Å². The van der Waals surface area contributed by atoms with Gasteiger partial charge in [0.1, 0.15) is 5.76 Å². The maximum absolute atomic E-state index is 11.7. The monoisotopic (exact) mass is 282 g/mol. The van der Waals surface area contributed by atoms with Crippen molar-refractivity contribution in [3.05, 3.63) is 23.7 Å². The molecule has 7 nitrogen and oxygen atoms in total. The first kappa shape index (κ1) is 16.2. The molecule has 0 aliphatic rings. The molecule has 0 atom stereocenters. The van der Waals surface area contributed by atoms with Crippen LogP contribution in [0.3, 0.4) is 0 Å². The van der Waals surface area contributed by atoms with Crippen molar-refractivity contribution in [3.63, 3.8) is 0 Å². The molecule has 1 aromatic heterocycles. The first-order chi connectivity index (χ1) is 9.46. The van der Waals surface area contributed by atoms with Gasteiger partial charge in [0.2, 0.25) is 5.91 Å². The van der Waals surface area contributed by atoms with E-state index in [2.05, 4.69) is 5.32 Å². The van der Waals surface area contributed by atoms with E-state index in [-0.39, 0.29) is 24.3 Å². The first-order valence-corrected chi connectivity index (χ1v) is 6.57. The van der Waals surface area contributed by atoms with E-state index >= 15 is 0 Å². The minimum absolute atomic E-state index is 0.0340. The van der Waals surface area contributed by atoms with Crippen LogP contribution < -0.4 is 16.6 Å². The fraction of sp³-hybridized carbons (Fsp3) is 0.538. The summed E-state index contributed by atoms with van der Waals surface area (Å²) >= 11 is 0. The number of nitrogens with one attached hydrogen (secondary N) is 2. The topological polar surface area (TPSA) is 101 Å². The Kier molecular flexibility index (Phi) is 6.20. The number of likely N-dealkylation sites (N-methyl/N-ethyl adjacent to an activating group) is 1. The average molecular weight is 282 g/mol. The van der Waals surface area contributed by atoms with Crippen molar-refractivity contribution in [2.45, 2.75) is 33.4 Å². The summed E-state index contributed by atoms with van der Waals surface area (Å²) in [6.45, 7) is 7.23. The summed E-state index contributed by atoms with van der Waals surface area (Å²) < 4.78 is 5.37. The van der Waals surface area contributed by atoms with Gasteiger partial charge in [-0.15, -0.1) is 0 Å². The molecule has 0 aliphatic heterocycles. The largest absolute Gasteiger partial charge is 0.455 e. The van der Waals surface area contributed by atoms with Crippen molar-refractivity contribution in [3.8, 4) is 0 Å². The summed E-state index contributed by atoms with van der Waals surface area (Å²) in [5.74, 6) is 5.29. The number of hydrogen-bond donors (Lipinski definition) is 3. The molecule has 2 amide bonds. The van der Waals surface area contributed by atoms with Gasteiger partial charge in [0.15, 0.2) is 5.76 Å². The molecular weight excluding hydrogens is 260 g/mol. The summed E-state index contributed by atoms with van der Waals surface area (Å²) in [6, 6.07) is 3.37. The SMILES string of the molecule is CCN(CC(=O)NC(C)C)Cc1ccc(C(=O)NN)o1. The number of nitrogens with zero attached hydrogens (tertiary/aromatic N) is 1. The van der Waals surface area contributed by atoms with Gasteiger partial charge >= 0.3 is 5.91 Å². The maximum Gasteiger partial charge on any atom is 0.300 e. The average Bonchev–Trinajstić information content (AvgIpc) is 2.84. The molecule has 4 N–H and O–H groups in total. The summed E-state index contributed by atoms with van der Waals surface area (Å²) in [5.41, 5.74) is 2.01. The van der Waals surface area contributed by atoms with E-state index in [0.717, 1.165) is 0 Å². The van der Waals surface area contributed by atoms with Gasteiger partial charge in [0.25, 0.3) is 0 Å². The number of rotatable bonds is 7. The Morgan fingerprint density at radius 3 is 2.65 bits per heavy atom. The third kappa shape index (κ3) is 5.02. The number of hydrazine groups is 1. The highest BCUT2D eigenvalue weighted by atomic mass is 16.4. The van der Waals surface area contributed by atoms with Crippen LogP contribution in [0.25, 0.3) is 0 Å². The Morgan fingerprint density at radius 2 is 2.10 bits per heavy atom.